The molecule has 0 atom stereocenters. The highest BCUT2D eigenvalue weighted by atomic mass is 16.5. The fourth-order valence-corrected chi connectivity index (χ4v) is 4.44. The number of rotatable bonds is 7. The third-order valence-corrected chi connectivity index (χ3v) is 6.25. The molecule has 0 spiro atoms. The first-order chi connectivity index (χ1) is 15.6. The maximum Gasteiger partial charge on any atom is 0.252 e. The van der Waals surface area contributed by atoms with Gasteiger partial charge in [0.2, 0.25) is 5.95 Å². The number of hydrogen-bond donors (Lipinski definition) is 1. The Labute approximate surface area is 188 Å². The van der Waals surface area contributed by atoms with Gasteiger partial charge in [0, 0.05) is 43.2 Å². The predicted molar refractivity (Wildman–Crippen MR) is 121 cm³/mol. The van der Waals surface area contributed by atoms with Crippen molar-refractivity contribution in [1.82, 2.24) is 14.9 Å². The maximum atomic E-state index is 12.3. The summed E-state index contributed by atoms with van der Waals surface area (Å²) < 4.78 is 21.8. The summed E-state index contributed by atoms with van der Waals surface area (Å²) in [5.74, 6) is 3.08. The Morgan fingerprint density at radius 2 is 1.62 bits per heavy atom. The number of nitrogens with one attached hydrogen (secondary N) is 1. The number of piperidine rings is 1. The molecule has 32 heavy (non-hydrogen) atoms. The van der Waals surface area contributed by atoms with Crippen LogP contribution in [0.4, 0.5) is 5.95 Å². The zero-order valence-electron chi connectivity index (χ0n) is 19.1. The third-order valence-electron chi connectivity index (χ3n) is 6.25. The van der Waals surface area contributed by atoms with Crippen molar-refractivity contribution in [3.05, 3.63) is 39.8 Å². The van der Waals surface area contributed by atoms with Crippen molar-refractivity contribution in [3.63, 3.8) is 0 Å². The predicted octanol–water partition coefficient (Wildman–Crippen LogP) is 2.01. The highest BCUT2D eigenvalue weighted by Gasteiger charge is 2.25. The number of methoxy groups -OCH3 is 3. The molecule has 9 nitrogen and oxygen atoms in total. The molecule has 0 amide bonds. The Hall–Kier alpha value is -2.78. The van der Waals surface area contributed by atoms with Crippen LogP contribution < -0.4 is 24.7 Å². The Morgan fingerprint density at radius 3 is 2.28 bits per heavy atom. The standard InChI is InChI=1S/C23H32N4O5/c1-29-19-14-21(31-3)20(30-2)12-17(19)15-26-6-4-16(5-7-26)18-13-22(28)25-23(24-18)27-8-10-32-11-9-27/h12-14,16H,4-11,15H2,1-3H3,(H,24,25,28). The minimum atomic E-state index is -0.0889. The van der Waals surface area contributed by atoms with Gasteiger partial charge < -0.3 is 23.8 Å². The molecule has 1 aromatic carbocycles. The number of aromatic amines is 1. The molecule has 3 heterocycles. The zero-order valence-corrected chi connectivity index (χ0v) is 19.1. The number of benzene rings is 1. The first kappa shape index (κ1) is 22.4. The van der Waals surface area contributed by atoms with Crippen LogP contribution in [0.5, 0.6) is 17.2 Å². The SMILES string of the molecule is COc1cc(OC)c(OC)cc1CN1CCC(c2cc(=O)[nH]c(N3CCOCC3)n2)CC1. The van der Waals surface area contributed by atoms with Gasteiger partial charge >= 0.3 is 0 Å². The molecular formula is C23H32N4O5. The van der Waals surface area contributed by atoms with Gasteiger partial charge in [-0.25, -0.2) is 4.98 Å². The van der Waals surface area contributed by atoms with Crippen molar-refractivity contribution >= 4 is 5.95 Å². The Balaban J connectivity index is 1.43. The van der Waals surface area contributed by atoms with Crippen LogP contribution in [-0.4, -0.2) is 75.6 Å². The van der Waals surface area contributed by atoms with Crippen molar-refractivity contribution in [3.8, 4) is 17.2 Å². The molecule has 0 unspecified atom stereocenters. The summed E-state index contributed by atoms with van der Waals surface area (Å²) >= 11 is 0. The first-order valence-electron chi connectivity index (χ1n) is 11.1. The maximum absolute atomic E-state index is 12.3. The fraction of sp³-hybridized carbons (Fsp3) is 0.565. The molecule has 174 valence electrons. The highest BCUT2D eigenvalue weighted by Crippen LogP contribution is 2.36. The van der Waals surface area contributed by atoms with E-state index >= 15 is 0 Å². The molecule has 2 aromatic rings. The van der Waals surface area contributed by atoms with Crippen LogP contribution >= 0.6 is 0 Å². The molecule has 0 bridgehead atoms. The highest BCUT2D eigenvalue weighted by molar-refractivity contribution is 5.50. The molecule has 0 saturated carbocycles. The number of aromatic nitrogens is 2. The zero-order chi connectivity index (χ0) is 22.5. The smallest absolute Gasteiger partial charge is 0.252 e. The number of H-pyrrole nitrogens is 1. The van der Waals surface area contributed by atoms with Gasteiger partial charge in [0.1, 0.15) is 5.75 Å². The molecular weight excluding hydrogens is 412 g/mol. The van der Waals surface area contributed by atoms with E-state index in [-0.39, 0.29) is 11.5 Å². The van der Waals surface area contributed by atoms with Crippen molar-refractivity contribution in [2.75, 3.05) is 65.6 Å². The molecule has 0 aliphatic carbocycles. The van der Waals surface area contributed by atoms with Crippen LogP contribution in [0.1, 0.15) is 30.0 Å². The minimum Gasteiger partial charge on any atom is -0.496 e. The molecule has 2 aliphatic heterocycles. The quantitative estimate of drug-likeness (QED) is 0.694. The van der Waals surface area contributed by atoms with E-state index in [9.17, 15) is 4.79 Å². The molecule has 1 N–H and O–H groups in total. The monoisotopic (exact) mass is 444 g/mol. The molecule has 0 radical (unpaired) electrons. The van der Waals surface area contributed by atoms with E-state index in [0.29, 0.717) is 30.7 Å². The Bertz CT molecular complexity index is 965. The molecule has 9 heteroatoms. The second kappa shape index (κ2) is 10.2. The van der Waals surface area contributed by atoms with Gasteiger partial charge in [0.05, 0.1) is 40.2 Å². The average molecular weight is 445 g/mol. The van der Waals surface area contributed by atoms with Crippen molar-refractivity contribution in [2.45, 2.75) is 25.3 Å². The van der Waals surface area contributed by atoms with Crippen molar-refractivity contribution < 1.29 is 18.9 Å². The Morgan fingerprint density at radius 1 is 0.969 bits per heavy atom. The second-order valence-corrected chi connectivity index (χ2v) is 8.16. The first-order valence-corrected chi connectivity index (χ1v) is 11.1. The summed E-state index contributed by atoms with van der Waals surface area (Å²) in [6.07, 6.45) is 1.91. The van der Waals surface area contributed by atoms with Gasteiger partial charge in [-0.1, -0.05) is 0 Å². The number of anilines is 1. The van der Waals surface area contributed by atoms with Crippen LogP contribution in [0.3, 0.4) is 0 Å². The fourth-order valence-electron chi connectivity index (χ4n) is 4.44. The molecule has 4 rings (SSSR count). The van der Waals surface area contributed by atoms with Crippen molar-refractivity contribution in [1.29, 1.82) is 0 Å². The lowest BCUT2D eigenvalue weighted by Gasteiger charge is -2.33. The lowest BCUT2D eigenvalue weighted by atomic mass is 9.93. The summed E-state index contributed by atoms with van der Waals surface area (Å²) in [5, 5.41) is 0. The Kier molecular flexibility index (Phi) is 7.16. The number of nitrogens with zero attached hydrogens (tertiary/aromatic N) is 3. The van der Waals surface area contributed by atoms with E-state index in [1.54, 1.807) is 27.4 Å². The average Bonchev–Trinajstić information content (AvgIpc) is 2.84. The van der Waals surface area contributed by atoms with E-state index in [0.717, 1.165) is 62.6 Å². The van der Waals surface area contributed by atoms with Gasteiger partial charge in [-0.3, -0.25) is 14.7 Å². The molecule has 2 aliphatic rings. The molecule has 2 saturated heterocycles. The van der Waals surface area contributed by atoms with E-state index in [1.165, 1.54) is 0 Å². The topological polar surface area (TPSA) is 89.2 Å². The van der Waals surface area contributed by atoms with E-state index in [2.05, 4.69) is 14.8 Å². The van der Waals surface area contributed by atoms with Gasteiger partial charge in [-0.05, 0) is 32.0 Å². The summed E-state index contributed by atoms with van der Waals surface area (Å²) in [7, 11) is 4.93. The third kappa shape index (κ3) is 4.99. The van der Waals surface area contributed by atoms with Gasteiger partial charge in [-0.2, -0.15) is 0 Å². The number of ether oxygens (including phenoxy) is 4. The van der Waals surface area contributed by atoms with Crippen LogP contribution in [0.2, 0.25) is 0 Å². The lowest BCUT2D eigenvalue weighted by Crippen LogP contribution is -2.39. The van der Waals surface area contributed by atoms with Crippen molar-refractivity contribution in [2.24, 2.45) is 0 Å². The summed E-state index contributed by atoms with van der Waals surface area (Å²) in [6, 6.07) is 5.51. The largest absolute Gasteiger partial charge is 0.496 e. The van der Waals surface area contributed by atoms with Gasteiger partial charge in [0.25, 0.3) is 5.56 Å². The number of likely N-dealkylation sites (tertiary alicyclic amines) is 1. The number of morpholine rings is 1. The van der Waals surface area contributed by atoms with Crippen LogP contribution in [-0.2, 0) is 11.3 Å². The second-order valence-electron chi connectivity index (χ2n) is 8.16. The van der Waals surface area contributed by atoms with E-state index < -0.39 is 0 Å². The molecule has 1 aromatic heterocycles. The van der Waals surface area contributed by atoms with Gasteiger partial charge in [-0.15, -0.1) is 0 Å². The van der Waals surface area contributed by atoms with Crippen LogP contribution in [0.15, 0.2) is 23.0 Å². The van der Waals surface area contributed by atoms with Crippen LogP contribution in [0.25, 0.3) is 0 Å². The lowest BCUT2D eigenvalue weighted by molar-refractivity contribution is 0.122. The molecule has 2 fully saturated rings. The van der Waals surface area contributed by atoms with Crippen LogP contribution in [0, 0.1) is 0 Å². The summed E-state index contributed by atoms with van der Waals surface area (Å²) in [6.45, 7) is 5.42. The number of hydrogen-bond acceptors (Lipinski definition) is 8. The van der Waals surface area contributed by atoms with E-state index in [1.807, 2.05) is 12.1 Å². The minimum absolute atomic E-state index is 0.0889. The summed E-state index contributed by atoms with van der Waals surface area (Å²) in [4.78, 5) is 24.5. The van der Waals surface area contributed by atoms with E-state index in [4.69, 9.17) is 23.9 Å². The normalized spacial score (nSPS) is 17.9. The van der Waals surface area contributed by atoms with Gasteiger partial charge in [0.15, 0.2) is 11.5 Å². The summed E-state index contributed by atoms with van der Waals surface area (Å²) in [5.41, 5.74) is 1.86.